The number of thioether (sulfide) groups is 1. The molecule has 0 atom stereocenters. The maximum atomic E-state index is 10.6. The van der Waals surface area contributed by atoms with Crippen molar-refractivity contribution in [2.45, 2.75) is 37.6 Å². The Labute approximate surface area is 109 Å². The first-order valence-electron chi connectivity index (χ1n) is 5.41. The van der Waals surface area contributed by atoms with E-state index in [-0.39, 0.29) is 12.5 Å². The average molecular weight is 275 g/mol. The van der Waals surface area contributed by atoms with E-state index in [1.807, 2.05) is 20.8 Å². The smallest absolute Gasteiger partial charge is 0.308 e. The summed E-state index contributed by atoms with van der Waals surface area (Å²) in [4.78, 5) is 15.8. The van der Waals surface area contributed by atoms with Crippen LogP contribution in [-0.2, 0) is 16.0 Å². The number of thiazole rings is 1. The van der Waals surface area contributed by atoms with Gasteiger partial charge in [0, 0.05) is 10.6 Å². The Morgan fingerprint density at radius 2 is 2.29 bits per heavy atom. The summed E-state index contributed by atoms with van der Waals surface area (Å²) in [5.41, 5.74) is 0.824. The van der Waals surface area contributed by atoms with Gasteiger partial charge in [0.25, 0.3) is 0 Å². The molecule has 1 N–H and O–H groups in total. The zero-order chi connectivity index (χ0) is 12.8. The Balaban J connectivity index is 2.41. The number of aliphatic carboxylic acids is 1. The number of nitrogens with zero attached hydrogens (tertiary/aromatic N) is 1. The predicted molar refractivity (Wildman–Crippen MR) is 70.0 cm³/mol. The van der Waals surface area contributed by atoms with Gasteiger partial charge in [0.05, 0.1) is 24.8 Å². The number of rotatable bonds is 7. The highest BCUT2D eigenvalue weighted by molar-refractivity contribution is 8.01. The Morgan fingerprint density at radius 3 is 2.88 bits per heavy atom. The summed E-state index contributed by atoms with van der Waals surface area (Å²) in [6.07, 6.45) is 0.309. The van der Waals surface area contributed by atoms with Gasteiger partial charge in [-0.1, -0.05) is 11.8 Å². The van der Waals surface area contributed by atoms with Crippen LogP contribution in [0.4, 0.5) is 0 Å². The summed E-state index contributed by atoms with van der Waals surface area (Å²) >= 11 is 3.08. The molecule has 6 heteroatoms. The van der Waals surface area contributed by atoms with E-state index < -0.39 is 5.97 Å². The fourth-order valence-electron chi connectivity index (χ4n) is 1.18. The van der Waals surface area contributed by atoms with Crippen LogP contribution in [0.1, 0.15) is 24.4 Å². The van der Waals surface area contributed by atoms with E-state index in [4.69, 9.17) is 9.84 Å². The van der Waals surface area contributed by atoms with Crippen molar-refractivity contribution < 1.29 is 14.6 Å². The van der Waals surface area contributed by atoms with Gasteiger partial charge in [-0.05, 0) is 20.8 Å². The van der Waals surface area contributed by atoms with E-state index in [0.29, 0.717) is 6.61 Å². The monoisotopic (exact) mass is 275 g/mol. The van der Waals surface area contributed by atoms with Crippen molar-refractivity contribution in [1.29, 1.82) is 0 Å². The van der Waals surface area contributed by atoms with Crippen LogP contribution in [0.3, 0.4) is 0 Å². The Bertz CT molecular complexity index is 377. The van der Waals surface area contributed by atoms with Gasteiger partial charge in [-0.25, -0.2) is 4.98 Å². The average Bonchev–Trinajstić information content (AvgIpc) is 2.53. The second-order valence-corrected chi connectivity index (χ2v) is 6.25. The summed E-state index contributed by atoms with van der Waals surface area (Å²) in [5.74, 6) is 0.0360. The van der Waals surface area contributed by atoms with Crippen LogP contribution in [0, 0.1) is 6.92 Å². The van der Waals surface area contributed by atoms with Crippen LogP contribution in [0.5, 0.6) is 0 Å². The molecule has 0 aromatic carbocycles. The van der Waals surface area contributed by atoms with E-state index in [0.717, 1.165) is 20.7 Å². The lowest BCUT2D eigenvalue weighted by Gasteiger charge is -2.05. The van der Waals surface area contributed by atoms with Crippen LogP contribution in [0.25, 0.3) is 0 Å². The molecule has 4 nitrogen and oxygen atoms in total. The maximum Gasteiger partial charge on any atom is 0.308 e. The first-order valence-corrected chi connectivity index (χ1v) is 7.21. The van der Waals surface area contributed by atoms with Crippen LogP contribution >= 0.6 is 23.1 Å². The van der Waals surface area contributed by atoms with Crippen molar-refractivity contribution in [2.24, 2.45) is 0 Å². The Morgan fingerprint density at radius 1 is 1.59 bits per heavy atom. The molecular formula is C11H17NO3S2. The minimum Gasteiger partial charge on any atom is -0.481 e. The van der Waals surface area contributed by atoms with E-state index in [2.05, 4.69) is 4.98 Å². The molecular weight excluding hydrogens is 258 g/mol. The number of hydrogen-bond acceptors (Lipinski definition) is 5. The lowest BCUT2D eigenvalue weighted by molar-refractivity contribution is -0.136. The number of carbonyl (C=O) groups is 1. The van der Waals surface area contributed by atoms with Crippen molar-refractivity contribution >= 4 is 29.1 Å². The third kappa shape index (κ3) is 5.52. The molecule has 1 heterocycles. The summed E-state index contributed by atoms with van der Waals surface area (Å²) in [5, 5.41) is 8.73. The minimum atomic E-state index is -0.809. The van der Waals surface area contributed by atoms with Gasteiger partial charge in [-0.2, -0.15) is 0 Å². The standard InChI is InChI=1S/C11H17NO3S2/c1-7(2)15-4-5-16-11-12-8(3)9(17-11)6-10(13)14/h7H,4-6H2,1-3H3,(H,13,14). The van der Waals surface area contributed by atoms with Crippen LogP contribution in [-0.4, -0.2) is 34.5 Å². The lowest BCUT2D eigenvalue weighted by Crippen LogP contribution is -2.05. The Kier molecular flexibility index (Phi) is 5.94. The minimum absolute atomic E-state index is 0.0621. The molecule has 0 bridgehead atoms. The number of hydrogen-bond donors (Lipinski definition) is 1. The number of carboxylic acids is 1. The molecule has 1 aromatic heterocycles. The van der Waals surface area contributed by atoms with E-state index in [1.54, 1.807) is 11.8 Å². The molecule has 0 amide bonds. The van der Waals surface area contributed by atoms with Gasteiger partial charge >= 0.3 is 5.97 Å². The van der Waals surface area contributed by atoms with Gasteiger partial charge in [0.1, 0.15) is 4.34 Å². The normalized spacial score (nSPS) is 11.1. The highest BCUT2D eigenvalue weighted by atomic mass is 32.2. The number of ether oxygens (including phenoxy) is 1. The first kappa shape index (κ1) is 14.5. The van der Waals surface area contributed by atoms with Crippen molar-refractivity contribution in [3.05, 3.63) is 10.6 Å². The number of aryl methyl sites for hydroxylation is 1. The quantitative estimate of drug-likeness (QED) is 0.612. The van der Waals surface area contributed by atoms with E-state index >= 15 is 0 Å². The molecule has 0 unspecified atom stereocenters. The second kappa shape index (κ2) is 6.98. The van der Waals surface area contributed by atoms with Crippen LogP contribution in [0.2, 0.25) is 0 Å². The predicted octanol–water partition coefficient (Wildman–Crippen LogP) is 2.60. The van der Waals surface area contributed by atoms with Gasteiger partial charge in [-0.3, -0.25) is 4.79 Å². The van der Waals surface area contributed by atoms with Gasteiger partial charge in [0.15, 0.2) is 0 Å². The highest BCUT2D eigenvalue weighted by Crippen LogP contribution is 2.27. The molecule has 0 fully saturated rings. The molecule has 0 spiro atoms. The van der Waals surface area contributed by atoms with Gasteiger partial charge in [-0.15, -0.1) is 11.3 Å². The second-order valence-electron chi connectivity index (χ2n) is 3.83. The molecule has 17 heavy (non-hydrogen) atoms. The summed E-state index contributed by atoms with van der Waals surface area (Å²) in [6.45, 7) is 6.55. The molecule has 0 saturated carbocycles. The van der Waals surface area contributed by atoms with Crippen molar-refractivity contribution in [2.75, 3.05) is 12.4 Å². The zero-order valence-electron chi connectivity index (χ0n) is 10.2. The summed E-state index contributed by atoms with van der Waals surface area (Å²) < 4.78 is 6.35. The number of carboxylic acid groups (broad SMARTS) is 1. The van der Waals surface area contributed by atoms with E-state index in [9.17, 15) is 4.79 Å². The fourth-order valence-corrected chi connectivity index (χ4v) is 3.30. The highest BCUT2D eigenvalue weighted by Gasteiger charge is 2.11. The van der Waals surface area contributed by atoms with Crippen LogP contribution in [0.15, 0.2) is 4.34 Å². The topological polar surface area (TPSA) is 59.4 Å². The first-order chi connectivity index (χ1) is 7.99. The van der Waals surface area contributed by atoms with Crippen molar-refractivity contribution in [1.82, 2.24) is 4.98 Å². The van der Waals surface area contributed by atoms with Crippen LogP contribution < -0.4 is 0 Å². The Hall–Kier alpha value is -0.590. The molecule has 1 rings (SSSR count). The molecule has 0 radical (unpaired) electrons. The van der Waals surface area contributed by atoms with Crippen molar-refractivity contribution in [3.8, 4) is 0 Å². The third-order valence-electron chi connectivity index (χ3n) is 1.94. The number of aromatic nitrogens is 1. The maximum absolute atomic E-state index is 10.6. The molecule has 0 aliphatic heterocycles. The fraction of sp³-hybridized carbons (Fsp3) is 0.636. The molecule has 0 aliphatic rings. The molecule has 1 aromatic rings. The van der Waals surface area contributed by atoms with E-state index in [1.165, 1.54) is 11.3 Å². The van der Waals surface area contributed by atoms with Gasteiger partial charge < -0.3 is 9.84 Å². The SMILES string of the molecule is Cc1nc(SCCOC(C)C)sc1CC(=O)O. The third-order valence-corrected chi connectivity index (χ3v) is 4.21. The van der Waals surface area contributed by atoms with Crippen molar-refractivity contribution in [3.63, 3.8) is 0 Å². The largest absolute Gasteiger partial charge is 0.481 e. The zero-order valence-corrected chi connectivity index (χ0v) is 11.9. The summed E-state index contributed by atoms with van der Waals surface area (Å²) in [7, 11) is 0. The summed E-state index contributed by atoms with van der Waals surface area (Å²) in [6, 6.07) is 0. The molecule has 0 aliphatic carbocycles. The van der Waals surface area contributed by atoms with Gasteiger partial charge in [0.2, 0.25) is 0 Å². The lowest BCUT2D eigenvalue weighted by atomic mass is 10.3. The molecule has 0 saturated heterocycles. The molecule has 96 valence electrons.